The van der Waals surface area contributed by atoms with Crippen molar-refractivity contribution in [3.05, 3.63) is 48.0 Å². The van der Waals surface area contributed by atoms with Crippen molar-refractivity contribution in [2.24, 2.45) is 0 Å². The maximum absolute atomic E-state index is 11.2. The van der Waals surface area contributed by atoms with Crippen LogP contribution in [-0.4, -0.2) is 5.52 Å². The molecule has 0 N–H and O–H groups in total. The van der Waals surface area contributed by atoms with Gasteiger partial charge in [-0.05, 0) is 10.8 Å². The number of hydrogen-bond acceptors (Lipinski definition) is 1. The molecule has 0 heterocycles. The van der Waals surface area contributed by atoms with Gasteiger partial charge in [0.05, 0.1) is 0 Å². The van der Waals surface area contributed by atoms with Gasteiger partial charge in [0.15, 0.2) is 5.52 Å². The number of rotatable bonds is 1. The van der Waals surface area contributed by atoms with Crippen LogP contribution < -0.4 is 0 Å². The Bertz CT molecular complexity index is 457. The van der Waals surface area contributed by atoms with E-state index in [0.29, 0.717) is 0 Å². The summed E-state index contributed by atoms with van der Waals surface area (Å²) in [5, 5.41) is 2.13. The number of benzene rings is 2. The molecule has 0 spiro atoms. The van der Waals surface area contributed by atoms with E-state index >= 15 is 0 Å². The van der Waals surface area contributed by atoms with E-state index in [2.05, 4.69) is 9.24 Å². The Balaban J connectivity index is 2.83. The molecule has 2 aromatic carbocycles. The van der Waals surface area contributed by atoms with E-state index in [4.69, 9.17) is 0 Å². The molecule has 0 radical (unpaired) electrons. The zero-order valence-corrected chi connectivity index (χ0v) is 8.18. The fraction of sp³-hybridized carbons (Fsp3) is 0. The second-order valence-corrected chi connectivity index (χ2v) is 3.42. The molecule has 0 aliphatic carbocycles. The van der Waals surface area contributed by atoms with Crippen molar-refractivity contribution in [1.29, 1.82) is 0 Å². The molecule has 2 heteroatoms. The number of carbonyl (C=O) groups is 1. The van der Waals surface area contributed by atoms with Gasteiger partial charge in [0.25, 0.3) is 0 Å². The summed E-state index contributed by atoms with van der Waals surface area (Å²) in [6.45, 7) is 0. The van der Waals surface area contributed by atoms with Crippen LogP contribution in [0.15, 0.2) is 42.5 Å². The van der Waals surface area contributed by atoms with Crippen molar-refractivity contribution in [2.75, 3.05) is 0 Å². The normalized spacial score (nSPS) is 10.2. The van der Waals surface area contributed by atoms with Crippen molar-refractivity contribution < 1.29 is 4.79 Å². The SMILES string of the molecule is O=C(P)c1cccc2ccccc12. The summed E-state index contributed by atoms with van der Waals surface area (Å²) in [7, 11) is 2.21. The van der Waals surface area contributed by atoms with E-state index in [0.717, 1.165) is 16.3 Å². The molecule has 0 aromatic heterocycles. The van der Waals surface area contributed by atoms with Gasteiger partial charge in [-0.1, -0.05) is 51.7 Å². The predicted octanol–water partition coefficient (Wildman–Crippen LogP) is 2.86. The molecule has 0 saturated heterocycles. The smallest absolute Gasteiger partial charge is 0.178 e. The van der Waals surface area contributed by atoms with Crippen LogP contribution in [0.2, 0.25) is 0 Å². The van der Waals surface area contributed by atoms with E-state index in [9.17, 15) is 4.79 Å². The molecule has 1 nitrogen and oxygen atoms in total. The van der Waals surface area contributed by atoms with Crippen LogP contribution >= 0.6 is 9.24 Å². The fourth-order valence-electron chi connectivity index (χ4n) is 1.44. The zero-order valence-electron chi connectivity index (χ0n) is 7.03. The maximum Gasteiger partial charge on any atom is 0.178 e. The number of hydrogen-bond donors (Lipinski definition) is 0. The molecule has 0 saturated carbocycles. The lowest BCUT2D eigenvalue weighted by atomic mass is 10.1. The average Bonchev–Trinajstić information content (AvgIpc) is 2.17. The first-order valence-electron chi connectivity index (χ1n) is 4.06. The quantitative estimate of drug-likeness (QED) is 0.629. The van der Waals surface area contributed by atoms with Gasteiger partial charge in [0.2, 0.25) is 0 Å². The first-order chi connectivity index (χ1) is 6.29. The highest BCUT2D eigenvalue weighted by atomic mass is 31.0. The van der Waals surface area contributed by atoms with E-state index in [1.54, 1.807) is 0 Å². The van der Waals surface area contributed by atoms with Gasteiger partial charge in [-0.25, -0.2) is 0 Å². The third-order valence-corrected chi connectivity index (χ3v) is 2.37. The van der Waals surface area contributed by atoms with Crippen molar-refractivity contribution in [2.45, 2.75) is 0 Å². The highest BCUT2D eigenvalue weighted by Crippen LogP contribution is 2.20. The minimum Gasteiger partial charge on any atom is -0.290 e. The second kappa shape index (κ2) is 3.27. The minimum absolute atomic E-state index is 0.0387. The number of fused-ring (bicyclic) bond motifs is 1. The molecular weight excluding hydrogens is 179 g/mol. The Morgan fingerprint density at radius 2 is 1.69 bits per heavy atom. The summed E-state index contributed by atoms with van der Waals surface area (Å²) < 4.78 is 0. The Labute approximate surface area is 79.0 Å². The van der Waals surface area contributed by atoms with Crippen LogP contribution in [0.25, 0.3) is 10.8 Å². The lowest BCUT2D eigenvalue weighted by Crippen LogP contribution is -1.88. The number of carbonyl (C=O) groups excluding carboxylic acids is 1. The summed E-state index contributed by atoms with van der Waals surface area (Å²) in [5.41, 5.74) is 0.805. The Hall–Kier alpha value is -1.20. The van der Waals surface area contributed by atoms with E-state index in [1.165, 1.54) is 0 Å². The molecule has 1 atom stereocenters. The lowest BCUT2D eigenvalue weighted by molar-refractivity contribution is 0.108. The topological polar surface area (TPSA) is 17.1 Å². The summed E-state index contributed by atoms with van der Waals surface area (Å²) >= 11 is 0. The molecule has 2 aromatic rings. The van der Waals surface area contributed by atoms with E-state index < -0.39 is 0 Å². The third-order valence-electron chi connectivity index (χ3n) is 2.06. The summed E-state index contributed by atoms with van der Waals surface area (Å²) in [6, 6.07) is 13.6. The molecule has 2 rings (SSSR count). The van der Waals surface area contributed by atoms with Crippen LogP contribution in [0, 0.1) is 0 Å². The summed E-state index contributed by atoms with van der Waals surface area (Å²) in [4.78, 5) is 11.2. The third kappa shape index (κ3) is 1.48. The van der Waals surface area contributed by atoms with Crippen LogP contribution in [0.5, 0.6) is 0 Å². The minimum atomic E-state index is 0.0387. The summed E-state index contributed by atoms with van der Waals surface area (Å²) in [5.74, 6) is 0. The Kier molecular flexibility index (Phi) is 2.12. The molecule has 0 aliphatic heterocycles. The van der Waals surface area contributed by atoms with Gasteiger partial charge in [0, 0.05) is 5.56 Å². The first-order valence-corrected chi connectivity index (χ1v) is 4.64. The van der Waals surface area contributed by atoms with Crippen molar-refractivity contribution in [3.8, 4) is 0 Å². The van der Waals surface area contributed by atoms with Gasteiger partial charge >= 0.3 is 0 Å². The van der Waals surface area contributed by atoms with Crippen LogP contribution in [0.1, 0.15) is 10.4 Å². The second-order valence-electron chi connectivity index (χ2n) is 2.89. The first kappa shape index (κ1) is 8.40. The lowest BCUT2D eigenvalue weighted by Gasteiger charge is -2.01. The van der Waals surface area contributed by atoms with E-state index in [1.807, 2.05) is 42.5 Å². The Morgan fingerprint density at radius 3 is 2.46 bits per heavy atom. The van der Waals surface area contributed by atoms with Crippen molar-refractivity contribution >= 4 is 25.5 Å². The molecular formula is C11H9OP. The monoisotopic (exact) mass is 188 g/mol. The summed E-state index contributed by atoms with van der Waals surface area (Å²) in [6.07, 6.45) is 0. The highest BCUT2D eigenvalue weighted by molar-refractivity contribution is 7.41. The molecule has 1 unspecified atom stereocenters. The predicted molar refractivity (Wildman–Crippen MR) is 58.0 cm³/mol. The fourth-order valence-corrected chi connectivity index (χ4v) is 1.69. The van der Waals surface area contributed by atoms with Gasteiger partial charge in [0.1, 0.15) is 0 Å². The molecule has 0 aliphatic rings. The van der Waals surface area contributed by atoms with Gasteiger partial charge < -0.3 is 0 Å². The molecule has 0 amide bonds. The van der Waals surface area contributed by atoms with Crippen LogP contribution in [-0.2, 0) is 0 Å². The highest BCUT2D eigenvalue weighted by Gasteiger charge is 2.03. The maximum atomic E-state index is 11.2. The molecule has 13 heavy (non-hydrogen) atoms. The van der Waals surface area contributed by atoms with Gasteiger partial charge in [-0.3, -0.25) is 4.79 Å². The van der Waals surface area contributed by atoms with Crippen molar-refractivity contribution in [3.63, 3.8) is 0 Å². The molecule has 0 fully saturated rings. The van der Waals surface area contributed by atoms with Crippen LogP contribution in [0.4, 0.5) is 0 Å². The van der Waals surface area contributed by atoms with Crippen LogP contribution in [0.3, 0.4) is 0 Å². The zero-order chi connectivity index (χ0) is 9.26. The molecule has 64 valence electrons. The standard InChI is InChI=1S/C11H9OP/c12-11(13)10-7-3-5-8-4-1-2-6-9(8)10/h1-7H,13H2. The van der Waals surface area contributed by atoms with E-state index in [-0.39, 0.29) is 5.52 Å². The van der Waals surface area contributed by atoms with Gasteiger partial charge in [-0.15, -0.1) is 0 Å². The largest absolute Gasteiger partial charge is 0.290 e. The molecule has 0 bridgehead atoms. The average molecular weight is 188 g/mol. The van der Waals surface area contributed by atoms with Gasteiger partial charge in [-0.2, -0.15) is 0 Å². The van der Waals surface area contributed by atoms with Crippen molar-refractivity contribution in [1.82, 2.24) is 0 Å². The Morgan fingerprint density at radius 1 is 1.00 bits per heavy atom.